The van der Waals surface area contributed by atoms with Gasteiger partial charge in [0.2, 0.25) is 5.89 Å². The normalized spacial score (nSPS) is 10.6. The molecule has 0 saturated carbocycles. The summed E-state index contributed by atoms with van der Waals surface area (Å²) >= 11 is 1.09. The van der Waals surface area contributed by atoms with E-state index in [4.69, 9.17) is 9.15 Å². The van der Waals surface area contributed by atoms with Gasteiger partial charge in [-0.3, -0.25) is 14.6 Å². The van der Waals surface area contributed by atoms with E-state index in [0.29, 0.717) is 25.5 Å². The summed E-state index contributed by atoms with van der Waals surface area (Å²) in [5.74, 6) is 0.0750. The highest BCUT2D eigenvalue weighted by molar-refractivity contribution is 7.99. The van der Waals surface area contributed by atoms with Gasteiger partial charge in [0.05, 0.1) is 6.61 Å². The average Bonchev–Trinajstić information content (AvgIpc) is 2.92. The van der Waals surface area contributed by atoms with Crippen molar-refractivity contribution in [1.82, 2.24) is 19.7 Å². The van der Waals surface area contributed by atoms with Crippen LogP contribution in [0.4, 0.5) is 0 Å². The highest BCUT2D eigenvalue weighted by Crippen LogP contribution is 2.16. The van der Waals surface area contributed by atoms with Crippen LogP contribution in [0.1, 0.15) is 12.8 Å². The molecule has 118 valence electrons. The molecule has 2 rings (SSSR count). The molecule has 0 aromatic carbocycles. The Morgan fingerprint density at radius 3 is 3.00 bits per heavy atom. The van der Waals surface area contributed by atoms with E-state index in [1.807, 2.05) is 0 Å². The second-order valence-electron chi connectivity index (χ2n) is 4.11. The monoisotopic (exact) mass is 326 g/mol. The molecule has 2 aromatic rings. The molecule has 1 N–H and O–H groups in total. The lowest BCUT2D eigenvalue weighted by atomic mass is 10.4. The summed E-state index contributed by atoms with van der Waals surface area (Å²) in [6, 6.07) is 1.26. The molecule has 0 amide bonds. The van der Waals surface area contributed by atoms with Gasteiger partial charge in [0.25, 0.3) is 10.8 Å². The third-order valence-electron chi connectivity index (χ3n) is 2.53. The van der Waals surface area contributed by atoms with Crippen LogP contribution in [0.15, 0.2) is 31.5 Å². The van der Waals surface area contributed by atoms with E-state index in [1.165, 1.54) is 16.8 Å². The molecule has 0 aliphatic heterocycles. The van der Waals surface area contributed by atoms with Crippen LogP contribution < -0.4 is 11.2 Å². The minimum atomic E-state index is -0.496. The van der Waals surface area contributed by atoms with E-state index in [-0.39, 0.29) is 16.9 Å². The van der Waals surface area contributed by atoms with Gasteiger partial charge < -0.3 is 13.7 Å². The van der Waals surface area contributed by atoms with Gasteiger partial charge in [-0.05, 0) is 6.92 Å². The van der Waals surface area contributed by atoms with Crippen LogP contribution in [0.25, 0.3) is 0 Å². The van der Waals surface area contributed by atoms with E-state index < -0.39 is 11.2 Å². The average molecular weight is 326 g/mol. The van der Waals surface area contributed by atoms with Crippen LogP contribution in [-0.2, 0) is 22.5 Å². The predicted octanol–water partition coefficient (Wildman–Crippen LogP) is -0.183. The van der Waals surface area contributed by atoms with Crippen molar-refractivity contribution in [2.75, 3.05) is 12.4 Å². The first-order valence-electron chi connectivity index (χ1n) is 6.49. The summed E-state index contributed by atoms with van der Waals surface area (Å²) < 4.78 is 11.5. The van der Waals surface area contributed by atoms with E-state index in [9.17, 15) is 14.4 Å². The molecule has 2 aromatic heterocycles. The fourth-order valence-corrected chi connectivity index (χ4v) is 2.14. The summed E-state index contributed by atoms with van der Waals surface area (Å²) in [4.78, 5) is 35.8. The molecule has 0 aliphatic carbocycles. The summed E-state index contributed by atoms with van der Waals surface area (Å²) in [6.07, 6.45) is 1.73. The number of thioether (sulfide) groups is 1. The molecule has 9 nitrogen and oxygen atoms in total. The number of aromatic amines is 1. The van der Waals surface area contributed by atoms with Gasteiger partial charge in [-0.1, -0.05) is 11.8 Å². The van der Waals surface area contributed by atoms with E-state index in [1.54, 1.807) is 6.92 Å². The van der Waals surface area contributed by atoms with Gasteiger partial charge in [0.15, 0.2) is 0 Å². The second kappa shape index (κ2) is 7.59. The molecule has 0 saturated heterocycles. The number of nitrogens with zero attached hydrogens (tertiary/aromatic N) is 3. The molecule has 2 heterocycles. The van der Waals surface area contributed by atoms with Crippen LogP contribution in [0, 0.1) is 0 Å². The van der Waals surface area contributed by atoms with Gasteiger partial charge in [0, 0.05) is 25.2 Å². The van der Waals surface area contributed by atoms with E-state index in [0.717, 1.165) is 11.8 Å². The first-order chi connectivity index (χ1) is 10.6. The number of aryl methyl sites for hydroxylation is 2. The number of carbonyl (C=O) groups excluding carboxylic acids is 1. The maximum Gasteiger partial charge on any atom is 0.328 e. The Morgan fingerprint density at radius 2 is 2.27 bits per heavy atom. The molecule has 22 heavy (non-hydrogen) atoms. The summed E-state index contributed by atoms with van der Waals surface area (Å²) in [5, 5.41) is 7.88. The largest absolute Gasteiger partial charge is 0.465 e. The maximum absolute atomic E-state index is 11.5. The van der Waals surface area contributed by atoms with Crippen LogP contribution in [0.2, 0.25) is 0 Å². The van der Waals surface area contributed by atoms with Crippen LogP contribution in [0.3, 0.4) is 0 Å². The highest BCUT2D eigenvalue weighted by Gasteiger charge is 2.10. The van der Waals surface area contributed by atoms with E-state index in [2.05, 4.69) is 15.2 Å². The first kappa shape index (κ1) is 16.0. The lowest BCUT2D eigenvalue weighted by Gasteiger charge is -2.01. The number of hydrogen-bond acceptors (Lipinski definition) is 8. The third kappa shape index (κ3) is 4.58. The third-order valence-corrected chi connectivity index (χ3v) is 3.32. The van der Waals surface area contributed by atoms with Crippen molar-refractivity contribution in [3.63, 3.8) is 0 Å². The molecule has 0 fully saturated rings. The summed E-state index contributed by atoms with van der Waals surface area (Å²) in [7, 11) is 0. The number of ether oxygens (including phenoxy) is 1. The predicted molar refractivity (Wildman–Crippen MR) is 76.7 cm³/mol. The lowest BCUT2D eigenvalue weighted by molar-refractivity contribution is -0.139. The number of carbonyl (C=O) groups is 1. The minimum Gasteiger partial charge on any atom is -0.465 e. The number of hydrogen-bond donors (Lipinski definition) is 1. The smallest absolute Gasteiger partial charge is 0.328 e. The van der Waals surface area contributed by atoms with E-state index >= 15 is 0 Å². The molecular formula is C12H14N4O5S. The quantitative estimate of drug-likeness (QED) is 0.549. The SMILES string of the molecule is CCOC(=O)CSc1nnc(CCn2ccc(=O)[nH]c2=O)o1. The number of nitrogens with one attached hydrogen (secondary N) is 1. The number of H-pyrrole nitrogens is 1. The van der Waals surface area contributed by atoms with Crippen molar-refractivity contribution in [3.05, 3.63) is 39.0 Å². The number of rotatable bonds is 7. The second-order valence-corrected chi connectivity index (χ2v) is 5.04. The van der Waals surface area contributed by atoms with Crippen LogP contribution in [-0.4, -0.2) is 38.1 Å². The van der Waals surface area contributed by atoms with Gasteiger partial charge >= 0.3 is 11.7 Å². The summed E-state index contributed by atoms with van der Waals surface area (Å²) in [6.45, 7) is 2.34. The number of esters is 1. The standard InChI is InChI=1S/C12H14N4O5S/c1-2-20-10(18)7-22-12-15-14-9(21-12)4-6-16-5-3-8(17)13-11(16)19/h3,5H,2,4,6-7H2,1H3,(H,13,17,19). The number of aromatic nitrogens is 4. The molecule has 0 unspecified atom stereocenters. The Morgan fingerprint density at radius 1 is 1.45 bits per heavy atom. The first-order valence-corrected chi connectivity index (χ1v) is 7.47. The van der Waals surface area contributed by atoms with Gasteiger partial charge in [0.1, 0.15) is 5.75 Å². The maximum atomic E-state index is 11.5. The van der Waals surface area contributed by atoms with Gasteiger partial charge in [-0.15, -0.1) is 10.2 Å². The van der Waals surface area contributed by atoms with Crippen molar-refractivity contribution in [3.8, 4) is 0 Å². The zero-order chi connectivity index (χ0) is 15.9. The lowest BCUT2D eigenvalue weighted by Crippen LogP contribution is -2.29. The van der Waals surface area contributed by atoms with Gasteiger partial charge in [-0.2, -0.15) is 0 Å². The molecule has 0 bridgehead atoms. The van der Waals surface area contributed by atoms with Crippen molar-refractivity contribution < 1.29 is 13.9 Å². The van der Waals surface area contributed by atoms with Crippen LogP contribution in [0.5, 0.6) is 0 Å². The zero-order valence-electron chi connectivity index (χ0n) is 11.8. The zero-order valence-corrected chi connectivity index (χ0v) is 12.6. The van der Waals surface area contributed by atoms with Crippen molar-refractivity contribution in [2.45, 2.75) is 25.1 Å². The Labute approximate surface area is 128 Å². The highest BCUT2D eigenvalue weighted by atomic mass is 32.2. The van der Waals surface area contributed by atoms with Crippen molar-refractivity contribution in [2.24, 2.45) is 0 Å². The fourth-order valence-electron chi connectivity index (χ4n) is 1.56. The Hall–Kier alpha value is -2.36. The van der Waals surface area contributed by atoms with Crippen LogP contribution >= 0.6 is 11.8 Å². The van der Waals surface area contributed by atoms with Crippen molar-refractivity contribution in [1.29, 1.82) is 0 Å². The van der Waals surface area contributed by atoms with Gasteiger partial charge in [-0.25, -0.2) is 4.79 Å². The Kier molecular flexibility index (Phi) is 5.53. The molecule has 0 radical (unpaired) electrons. The molecule has 0 spiro atoms. The Bertz CT molecular complexity index is 750. The molecule has 0 aliphatic rings. The summed E-state index contributed by atoms with van der Waals surface area (Å²) in [5.41, 5.74) is -0.944. The molecular weight excluding hydrogens is 312 g/mol. The molecule has 0 atom stereocenters. The minimum absolute atomic E-state index is 0.0921. The Balaban J connectivity index is 1.88. The van der Waals surface area contributed by atoms with Crippen molar-refractivity contribution >= 4 is 17.7 Å². The molecule has 10 heteroatoms. The topological polar surface area (TPSA) is 120 Å². The fraction of sp³-hybridized carbons (Fsp3) is 0.417.